The van der Waals surface area contributed by atoms with Crippen LogP contribution in [0.2, 0.25) is 0 Å². The maximum absolute atomic E-state index is 13.9. The van der Waals surface area contributed by atoms with E-state index in [1.807, 2.05) is 0 Å². The van der Waals surface area contributed by atoms with Crippen molar-refractivity contribution in [2.75, 3.05) is 26.1 Å². The average Bonchev–Trinajstić information content (AvgIpc) is 2.65. The molecule has 0 radical (unpaired) electrons. The molecule has 8 nitrogen and oxygen atoms in total. The highest BCUT2D eigenvalue weighted by Gasteiger charge is 2.14. The van der Waals surface area contributed by atoms with Crippen molar-refractivity contribution in [3.63, 3.8) is 0 Å². The number of ether oxygens (including phenoxy) is 2. The molecule has 26 heavy (non-hydrogen) atoms. The number of amides is 1. The summed E-state index contributed by atoms with van der Waals surface area (Å²) in [6, 6.07) is 2.11. The summed E-state index contributed by atoms with van der Waals surface area (Å²) in [6.07, 6.45) is 2.50. The van der Waals surface area contributed by atoms with Gasteiger partial charge in [0.25, 0.3) is 11.9 Å². The molecule has 0 atom stereocenters. The molecule has 0 aliphatic carbocycles. The number of hydrogen-bond acceptors (Lipinski definition) is 6. The van der Waals surface area contributed by atoms with Crippen LogP contribution in [-0.4, -0.2) is 42.7 Å². The van der Waals surface area contributed by atoms with Gasteiger partial charge in [-0.25, -0.2) is 23.7 Å². The van der Waals surface area contributed by atoms with E-state index in [0.717, 1.165) is 6.07 Å². The van der Waals surface area contributed by atoms with Gasteiger partial charge in [0.1, 0.15) is 5.69 Å². The van der Waals surface area contributed by atoms with Gasteiger partial charge in [-0.05, 0) is 11.6 Å². The molecule has 1 amide bonds. The lowest BCUT2D eigenvalue weighted by Crippen LogP contribution is -2.18. The number of anilines is 1. The fourth-order valence-electron chi connectivity index (χ4n) is 1.96. The zero-order chi connectivity index (χ0) is 19.1. The molecule has 0 spiro atoms. The van der Waals surface area contributed by atoms with E-state index in [1.54, 1.807) is 0 Å². The highest BCUT2D eigenvalue weighted by Crippen LogP contribution is 2.20. The predicted octanol–water partition coefficient (Wildman–Crippen LogP) is 1.52. The van der Waals surface area contributed by atoms with Crippen molar-refractivity contribution in [1.82, 2.24) is 9.97 Å². The Balaban J connectivity index is 2.11. The Hall–Kier alpha value is -3.30. The number of nitrogens with one attached hydrogen (secondary N) is 1. The lowest BCUT2D eigenvalue weighted by molar-refractivity contribution is 0.102. The largest absolute Gasteiger partial charge is 0.480 e. The summed E-state index contributed by atoms with van der Waals surface area (Å²) < 4.78 is 37.5. The highest BCUT2D eigenvalue weighted by atomic mass is 19.2. The summed E-state index contributed by atoms with van der Waals surface area (Å²) in [5.74, 6) is -2.51. The molecule has 0 unspecified atom stereocenters. The number of methoxy groups -OCH3 is 1. The molecule has 10 heteroatoms. The molecule has 138 valence electrons. The summed E-state index contributed by atoms with van der Waals surface area (Å²) >= 11 is 0. The molecule has 0 aliphatic heterocycles. The normalized spacial score (nSPS) is 11.2. The van der Waals surface area contributed by atoms with Crippen LogP contribution in [0.5, 0.6) is 5.88 Å². The molecule has 1 aromatic heterocycles. The van der Waals surface area contributed by atoms with Crippen LogP contribution in [0, 0.1) is 11.6 Å². The summed E-state index contributed by atoms with van der Waals surface area (Å²) in [6.45, 7) is 0.000881. The Morgan fingerprint density at radius 2 is 2.08 bits per heavy atom. The van der Waals surface area contributed by atoms with Crippen molar-refractivity contribution < 1.29 is 23.0 Å². The first-order valence-corrected chi connectivity index (χ1v) is 7.45. The maximum Gasteiger partial charge on any atom is 0.281 e. The SMILES string of the molecule is C/N=C(/N)OCCc1cc(NC(=O)c2cnc(OC)cn2)cc(F)c1F. The zero-order valence-corrected chi connectivity index (χ0v) is 14.1. The van der Waals surface area contributed by atoms with Gasteiger partial charge in [-0.3, -0.25) is 4.79 Å². The van der Waals surface area contributed by atoms with Gasteiger partial charge in [-0.2, -0.15) is 0 Å². The van der Waals surface area contributed by atoms with Gasteiger partial charge < -0.3 is 20.5 Å². The Labute approximate surface area is 148 Å². The topological polar surface area (TPSA) is 112 Å². The van der Waals surface area contributed by atoms with Crippen LogP contribution >= 0.6 is 0 Å². The first-order valence-electron chi connectivity index (χ1n) is 7.45. The second kappa shape index (κ2) is 8.70. The van der Waals surface area contributed by atoms with E-state index in [4.69, 9.17) is 15.2 Å². The summed E-state index contributed by atoms with van der Waals surface area (Å²) in [5.41, 5.74) is 5.45. The Morgan fingerprint density at radius 1 is 1.31 bits per heavy atom. The Kier molecular flexibility index (Phi) is 6.36. The number of rotatable bonds is 6. The van der Waals surface area contributed by atoms with Gasteiger partial charge in [0.2, 0.25) is 5.88 Å². The number of amidine groups is 1. The number of halogens is 2. The van der Waals surface area contributed by atoms with Gasteiger partial charge in [-0.1, -0.05) is 0 Å². The lowest BCUT2D eigenvalue weighted by Gasteiger charge is -2.10. The van der Waals surface area contributed by atoms with E-state index in [2.05, 4.69) is 20.3 Å². The number of carbonyl (C=O) groups is 1. The molecule has 3 N–H and O–H groups in total. The minimum absolute atomic E-state index is 0.000881. The minimum atomic E-state index is -1.10. The van der Waals surface area contributed by atoms with Gasteiger partial charge >= 0.3 is 0 Å². The fourth-order valence-corrected chi connectivity index (χ4v) is 1.96. The van der Waals surface area contributed by atoms with Crippen molar-refractivity contribution in [2.45, 2.75) is 6.42 Å². The van der Waals surface area contributed by atoms with Crippen LogP contribution in [0.3, 0.4) is 0 Å². The van der Waals surface area contributed by atoms with E-state index >= 15 is 0 Å². The van der Waals surface area contributed by atoms with E-state index in [0.29, 0.717) is 0 Å². The third kappa shape index (κ3) is 4.85. The van der Waals surface area contributed by atoms with Gasteiger partial charge in [0.05, 0.1) is 26.1 Å². The number of aromatic nitrogens is 2. The molecule has 0 saturated heterocycles. The summed E-state index contributed by atoms with van der Waals surface area (Å²) in [5, 5.41) is 2.44. The number of carbonyl (C=O) groups excluding carboxylic acids is 1. The number of nitrogens with two attached hydrogens (primary N) is 1. The van der Waals surface area contributed by atoms with Crippen molar-refractivity contribution >= 4 is 17.6 Å². The third-order valence-electron chi connectivity index (χ3n) is 3.27. The molecule has 1 heterocycles. The Bertz CT molecular complexity index is 812. The fraction of sp³-hybridized carbons (Fsp3) is 0.250. The van der Waals surface area contributed by atoms with E-state index in [-0.39, 0.29) is 41.9 Å². The molecule has 2 rings (SSSR count). The standard InChI is InChI=1S/C16H17F2N5O3/c1-20-16(19)26-4-3-9-5-10(6-11(17)14(9)18)23-15(24)12-7-22-13(25-2)8-21-12/h5-8H,3-4H2,1-2H3,(H2,19,20)(H,23,24). The van der Waals surface area contributed by atoms with Gasteiger partial charge in [0, 0.05) is 25.2 Å². The summed E-state index contributed by atoms with van der Waals surface area (Å²) in [4.78, 5) is 23.5. The zero-order valence-electron chi connectivity index (χ0n) is 14.1. The number of hydrogen-bond donors (Lipinski definition) is 2. The van der Waals surface area contributed by atoms with Gasteiger partial charge in [0.15, 0.2) is 11.6 Å². The van der Waals surface area contributed by atoms with Gasteiger partial charge in [-0.15, -0.1) is 0 Å². The molecule has 0 bridgehead atoms. The first-order chi connectivity index (χ1) is 12.4. The number of aliphatic imine (C=N–C) groups is 1. The molecule has 0 saturated carbocycles. The van der Waals surface area contributed by atoms with Crippen LogP contribution in [0.15, 0.2) is 29.5 Å². The van der Waals surface area contributed by atoms with E-state index < -0.39 is 17.5 Å². The number of benzene rings is 1. The van der Waals surface area contributed by atoms with Crippen LogP contribution in [0.1, 0.15) is 16.1 Å². The molecule has 0 fully saturated rings. The second-order valence-corrected chi connectivity index (χ2v) is 4.99. The maximum atomic E-state index is 13.9. The number of nitrogens with zero attached hydrogens (tertiary/aromatic N) is 3. The third-order valence-corrected chi connectivity index (χ3v) is 3.27. The van der Waals surface area contributed by atoms with Crippen molar-refractivity contribution in [3.05, 3.63) is 47.4 Å². The average molecular weight is 365 g/mol. The van der Waals surface area contributed by atoms with E-state index in [1.165, 1.54) is 32.6 Å². The van der Waals surface area contributed by atoms with Crippen LogP contribution in [0.4, 0.5) is 14.5 Å². The molecule has 0 aliphatic rings. The molecular formula is C16H17F2N5O3. The highest BCUT2D eigenvalue weighted by molar-refractivity contribution is 6.02. The molecular weight excluding hydrogens is 348 g/mol. The molecule has 2 aromatic rings. The smallest absolute Gasteiger partial charge is 0.281 e. The van der Waals surface area contributed by atoms with Crippen molar-refractivity contribution in [1.29, 1.82) is 0 Å². The Morgan fingerprint density at radius 3 is 2.69 bits per heavy atom. The quantitative estimate of drug-likeness (QED) is 0.593. The van der Waals surface area contributed by atoms with Crippen LogP contribution in [-0.2, 0) is 11.2 Å². The predicted molar refractivity (Wildman–Crippen MR) is 90.1 cm³/mol. The molecule has 1 aromatic carbocycles. The monoisotopic (exact) mass is 365 g/mol. The first kappa shape index (κ1) is 19.0. The van der Waals surface area contributed by atoms with Crippen molar-refractivity contribution in [2.24, 2.45) is 10.7 Å². The second-order valence-electron chi connectivity index (χ2n) is 4.99. The van der Waals surface area contributed by atoms with Crippen LogP contribution < -0.4 is 15.8 Å². The van der Waals surface area contributed by atoms with Crippen LogP contribution in [0.25, 0.3) is 0 Å². The minimum Gasteiger partial charge on any atom is -0.480 e. The summed E-state index contributed by atoms with van der Waals surface area (Å²) in [7, 11) is 2.85. The van der Waals surface area contributed by atoms with E-state index in [9.17, 15) is 13.6 Å². The van der Waals surface area contributed by atoms with Crippen molar-refractivity contribution in [3.8, 4) is 5.88 Å². The lowest BCUT2D eigenvalue weighted by atomic mass is 10.1.